The van der Waals surface area contributed by atoms with E-state index in [2.05, 4.69) is 0 Å². The van der Waals surface area contributed by atoms with Crippen molar-refractivity contribution in [2.45, 2.75) is 44.2 Å². The fourth-order valence-corrected chi connectivity index (χ4v) is 2.95. The van der Waals surface area contributed by atoms with Gasteiger partial charge in [-0.3, -0.25) is 0 Å². The summed E-state index contributed by atoms with van der Waals surface area (Å²) >= 11 is 0. The van der Waals surface area contributed by atoms with Gasteiger partial charge in [-0.2, -0.15) is 0 Å². The van der Waals surface area contributed by atoms with Crippen LogP contribution < -0.4 is 0 Å². The van der Waals surface area contributed by atoms with Crippen LogP contribution in [0, 0.1) is 0 Å². The fraction of sp³-hybridized carbons (Fsp3) is 0.588. The lowest BCUT2D eigenvalue weighted by Crippen LogP contribution is -2.38. The molecule has 1 aromatic carbocycles. The van der Waals surface area contributed by atoms with Gasteiger partial charge in [0, 0.05) is 12.8 Å². The average molecular weight is 306 g/mol. The Morgan fingerprint density at radius 2 is 1.82 bits per heavy atom. The van der Waals surface area contributed by atoms with E-state index in [-0.39, 0.29) is 24.5 Å². The zero-order chi connectivity index (χ0) is 15.3. The van der Waals surface area contributed by atoms with Crippen molar-refractivity contribution in [1.29, 1.82) is 0 Å². The highest BCUT2D eigenvalue weighted by atomic mass is 16.7. The van der Waals surface area contributed by atoms with Crippen molar-refractivity contribution in [2.24, 2.45) is 0 Å². The van der Waals surface area contributed by atoms with Crippen molar-refractivity contribution in [1.82, 2.24) is 0 Å². The van der Waals surface area contributed by atoms with E-state index in [1.165, 1.54) is 0 Å². The molecule has 0 amide bonds. The molecule has 5 heteroatoms. The maximum absolute atomic E-state index is 11.7. The highest BCUT2D eigenvalue weighted by Crippen LogP contribution is 2.36. The van der Waals surface area contributed by atoms with E-state index in [9.17, 15) is 4.79 Å². The molecular formula is C17H22O5. The van der Waals surface area contributed by atoms with Crippen molar-refractivity contribution in [3.05, 3.63) is 35.9 Å². The molecule has 0 bridgehead atoms. The van der Waals surface area contributed by atoms with Crippen LogP contribution in [0.4, 0.5) is 0 Å². The minimum absolute atomic E-state index is 0.00617. The summed E-state index contributed by atoms with van der Waals surface area (Å²) in [5.74, 6) is -0.703. The molecule has 1 saturated heterocycles. The Balaban J connectivity index is 1.34. The minimum Gasteiger partial charge on any atom is -0.459 e. The maximum Gasteiger partial charge on any atom is 0.332 e. The average Bonchev–Trinajstić information content (AvgIpc) is 3.02. The molecule has 3 rings (SSSR count). The summed E-state index contributed by atoms with van der Waals surface area (Å²) in [6.45, 7) is 1.65. The zero-order valence-electron chi connectivity index (χ0n) is 12.7. The highest BCUT2D eigenvalue weighted by Gasteiger charge is 2.40. The molecule has 22 heavy (non-hydrogen) atoms. The molecule has 1 aliphatic carbocycles. The molecule has 1 heterocycles. The number of carbonyl (C=O) groups is 1. The Bertz CT molecular complexity index is 471. The smallest absolute Gasteiger partial charge is 0.332 e. The van der Waals surface area contributed by atoms with Crippen molar-refractivity contribution in [2.75, 3.05) is 19.8 Å². The van der Waals surface area contributed by atoms with Crippen molar-refractivity contribution in [3.63, 3.8) is 0 Å². The lowest BCUT2D eigenvalue weighted by molar-refractivity contribution is -0.193. The Morgan fingerprint density at radius 3 is 2.50 bits per heavy atom. The quantitative estimate of drug-likeness (QED) is 0.782. The first-order chi connectivity index (χ1) is 10.8. The van der Waals surface area contributed by atoms with Gasteiger partial charge >= 0.3 is 5.97 Å². The monoisotopic (exact) mass is 306 g/mol. The van der Waals surface area contributed by atoms with E-state index in [4.69, 9.17) is 18.9 Å². The van der Waals surface area contributed by atoms with Crippen molar-refractivity contribution < 1.29 is 23.7 Å². The second kappa shape index (κ2) is 7.22. The summed E-state index contributed by atoms with van der Waals surface area (Å²) in [7, 11) is 0. The van der Waals surface area contributed by atoms with E-state index < -0.39 is 0 Å². The molecule has 0 aromatic heterocycles. The SMILES string of the molecule is O=C(COC1CCC2(CC1)OCCO2)OCc1ccccc1. The lowest BCUT2D eigenvalue weighted by atomic mass is 9.92. The summed E-state index contributed by atoms with van der Waals surface area (Å²) in [6, 6.07) is 9.63. The maximum atomic E-state index is 11.7. The summed E-state index contributed by atoms with van der Waals surface area (Å²) in [5.41, 5.74) is 0.978. The molecule has 5 nitrogen and oxygen atoms in total. The first kappa shape index (κ1) is 15.5. The summed E-state index contributed by atoms with van der Waals surface area (Å²) < 4.78 is 22.2. The first-order valence-corrected chi connectivity index (χ1v) is 7.85. The number of hydrogen-bond acceptors (Lipinski definition) is 5. The highest BCUT2D eigenvalue weighted by molar-refractivity contribution is 5.70. The van der Waals surface area contributed by atoms with Gasteiger partial charge in [-0.15, -0.1) is 0 Å². The minimum atomic E-state index is -0.381. The zero-order valence-corrected chi connectivity index (χ0v) is 12.7. The second-order valence-corrected chi connectivity index (χ2v) is 5.76. The van der Waals surface area contributed by atoms with Crippen LogP contribution in [0.25, 0.3) is 0 Å². The van der Waals surface area contributed by atoms with Gasteiger partial charge in [-0.25, -0.2) is 4.79 Å². The third-order valence-corrected chi connectivity index (χ3v) is 4.19. The number of ether oxygens (including phenoxy) is 4. The number of benzene rings is 1. The van der Waals surface area contributed by atoms with Crippen molar-refractivity contribution >= 4 is 5.97 Å². The molecule has 0 atom stereocenters. The molecule has 1 saturated carbocycles. The van der Waals surface area contributed by atoms with Gasteiger partial charge in [0.15, 0.2) is 5.79 Å². The Hall–Kier alpha value is -1.43. The third-order valence-electron chi connectivity index (χ3n) is 4.19. The predicted octanol–water partition coefficient (Wildman–Crippen LogP) is 2.43. The van der Waals surface area contributed by atoms with E-state index >= 15 is 0 Å². The molecule has 1 aromatic rings. The molecule has 1 aliphatic heterocycles. The lowest BCUT2D eigenvalue weighted by Gasteiger charge is -2.35. The second-order valence-electron chi connectivity index (χ2n) is 5.76. The molecular weight excluding hydrogens is 284 g/mol. The third kappa shape index (κ3) is 4.06. The molecule has 2 fully saturated rings. The van der Waals surface area contributed by atoms with Crippen LogP contribution in [0.1, 0.15) is 31.2 Å². The topological polar surface area (TPSA) is 54.0 Å². The van der Waals surface area contributed by atoms with Gasteiger partial charge < -0.3 is 18.9 Å². The van der Waals surface area contributed by atoms with E-state index in [1.54, 1.807) is 0 Å². The number of rotatable bonds is 5. The van der Waals surface area contributed by atoms with Gasteiger partial charge in [0.2, 0.25) is 0 Å². The summed E-state index contributed by atoms with van der Waals surface area (Å²) in [6.07, 6.45) is 3.45. The molecule has 0 radical (unpaired) electrons. The Kier molecular flexibility index (Phi) is 5.08. The number of carbonyl (C=O) groups excluding carboxylic acids is 1. The van der Waals surface area contributed by atoms with Gasteiger partial charge in [0.1, 0.15) is 13.2 Å². The molecule has 1 spiro atoms. The molecule has 2 aliphatic rings. The summed E-state index contributed by atoms with van der Waals surface area (Å²) in [4.78, 5) is 11.7. The molecule has 120 valence electrons. The summed E-state index contributed by atoms with van der Waals surface area (Å²) in [5, 5.41) is 0. The van der Waals surface area contributed by atoms with Crippen molar-refractivity contribution in [3.8, 4) is 0 Å². The van der Waals surface area contributed by atoms with E-state index in [1.807, 2.05) is 30.3 Å². The van der Waals surface area contributed by atoms with Gasteiger partial charge in [-0.1, -0.05) is 30.3 Å². The van der Waals surface area contributed by atoms with E-state index in [0.29, 0.717) is 19.8 Å². The van der Waals surface area contributed by atoms with Crippen LogP contribution in [0.2, 0.25) is 0 Å². The van der Waals surface area contributed by atoms with Crippen LogP contribution in [0.5, 0.6) is 0 Å². The van der Waals surface area contributed by atoms with Gasteiger partial charge in [0.25, 0.3) is 0 Å². The largest absolute Gasteiger partial charge is 0.459 e. The normalized spacial score (nSPS) is 21.1. The number of hydrogen-bond donors (Lipinski definition) is 0. The van der Waals surface area contributed by atoms with Gasteiger partial charge in [0.05, 0.1) is 19.3 Å². The van der Waals surface area contributed by atoms with Crippen LogP contribution in [-0.2, 0) is 30.3 Å². The Morgan fingerprint density at radius 1 is 1.14 bits per heavy atom. The van der Waals surface area contributed by atoms with E-state index in [0.717, 1.165) is 31.2 Å². The predicted molar refractivity (Wildman–Crippen MR) is 79.1 cm³/mol. The van der Waals surface area contributed by atoms with Crippen LogP contribution in [0.3, 0.4) is 0 Å². The molecule has 0 unspecified atom stereocenters. The van der Waals surface area contributed by atoms with Crippen LogP contribution in [-0.4, -0.2) is 37.7 Å². The van der Waals surface area contributed by atoms with Crippen LogP contribution in [0.15, 0.2) is 30.3 Å². The number of esters is 1. The fourth-order valence-electron chi connectivity index (χ4n) is 2.95. The Labute approximate surface area is 130 Å². The first-order valence-electron chi connectivity index (χ1n) is 7.85. The van der Waals surface area contributed by atoms with Crippen LogP contribution >= 0.6 is 0 Å². The standard InChI is InChI=1S/C17H22O5/c18-16(20-12-14-4-2-1-3-5-14)13-19-15-6-8-17(9-7-15)21-10-11-22-17/h1-5,15H,6-13H2. The molecule has 0 N–H and O–H groups in total. The van der Waals surface area contributed by atoms with Gasteiger partial charge in [-0.05, 0) is 18.4 Å².